The SMILES string of the molecule is C1CCCCC1.CN=C(S/C=C/C(=O)c1cccc(OCCOCCOCCNCc2ccc(-c3cc(-c4ccccc4O)nnc3N)cc2)c1)[C@@H]1CCCN1C.C[CH-]C(C)C(=O)NCC=O.[Nb].[Nb]. The quantitative estimate of drug-likeness (QED) is 0.00860. The van der Waals surface area contributed by atoms with Crippen LogP contribution < -0.4 is 21.1 Å². The van der Waals surface area contributed by atoms with E-state index in [1.165, 1.54) is 56.7 Å². The topological polar surface area (TPSA) is 191 Å². The van der Waals surface area contributed by atoms with Crippen LogP contribution in [0.5, 0.6) is 11.5 Å². The molecule has 1 unspecified atom stereocenters. The van der Waals surface area contributed by atoms with Gasteiger partial charge in [-0.05, 0) is 79.4 Å². The number of rotatable bonds is 22. The van der Waals surface area contributed by atoms with E-state index in [2.05, 4.69) is 37.8 Å². The summed E-state index contributed by atoms with van der Waals surface area (Å²) in [4.78, 5) is 40.1. The van der Waals surface area contributed by atoms with Gasteiger partial charge in [0.15, 0.2) is 17.5 Å². The van der Waals surface area contributed by atoms with Gasteiger partial charge < -0.3 is 46.9 Å². The zero-order chi connectivity index (χ0) is 48.1. The summed E-state index contributed by atoms with van der Waals surface area (Å²) in [6.45, 7) is 8.46. The summed E-state index contributed by atoms with van der Waals surface area (Å²) < 4.78 is 17.1. The molecular formula is C52H70N7Nb2O7S-. The molecule has 2 radical (unpaired) electrons. The Balaban J connectivity index is 0.000000771. The summed E-state index contributed by atoms with van der Waals surface area (Å²) >= 11 is 1.51. The van der Waals surface area contributed by atoms with Crippen LogP contribution in [0.4, 0.5) is 5.82 Å². The van der Waals surface area contributed by atoms with Gasteiger partial charge in [0.1, 0.15) is 24.4 Å². The first-order valence-electron chi connectivity index (χ1n) is 23.3. The molecule has 1 saturated heterocycles. The molecule has 2 aliphatic rings. The number of aldehydes is 1. The van der Waals surface area contributed by atoms with Gasteiger partial charge in [-0.2, -0.15) is 6.92 Å². The molecule has 372 valence electrons. The van der Waals surface area contributed by atoms with Crippen molar-refractivity contribution in [1.82, 2.24) is 25.7 Å². The molecule has 1 aliphatic carbocycles. The second kappa shape index (κ2) is 36.0. The largest absolute Gasteiger partial charge is 0.507 e. The number of benzene rings is 3. The summed E-state index contributed by atoms with van der Waals surface area (Å²) in [5.74, 6) is 0.809. The van der Waals surface area contributed by atoms with Gasteiger partial charge in [-0.1, -0.05) is 112 Å². The number of nitrogens with zero attached hydrogens (tertiary/aromatic N) is 4. The molecule has 1 amide bonds. The first-order valence-corrected chi connectivity index (χ1v) is 24.2. The van der Waals surface area contributed by atoms with E-state index in [4.69, 9.17) is 19.9 Å². The minimum atomic E-state index is -0.111. The summed E-state index contributed by atoms with van der Waals surface area (Å²) in [7, 11) is 3.92. The maximum atomic E-state index is 12.7. The first kappa shape index (κ1) is 61.2. The van der Waals surface area contributed by atoms with E-state index in [-0.39, 0.29) is 74.7 Å². The maximum absolute atomic E-state index is 12.7. The van der Waals surface area contributed by atoms with Crippen LogP contribution in [0.15, 0.2) is 95.3 Å². The molecule has 1 saturated carbocycles. The molecule has 2 heterocycles. The fourth-order valence-electron chi connectivity index (χ4n) is 7.19. The van der Waals surface area contributed by atoms with E-state index in [1.807, 2.05) is 60.9 Å². The molecule has 2 atom stereocenters. The van der Waals surface area contributed by atoms with Crippen molar-refractivity contribution in [1.29, 1.82) is 0 Å². The van der Waals surface area contributed by atoms with Crippen molar-refractivity contribution >= 4 is 40.6 Å². The standard InChI is InChI=1S/C39H46N6O5S.C7H12NO2.C6H12.2Nb/c1-41-39(35-10-6-18-45(35)2)51-24-16-36(46)30-7-5-8-31(25-30)50-23-22-49-21-20-48-19-17-42-27-28-12-14-29(15-13-28)33-26-34(43-44-38(33)40)32-9-3-4-11-37(32)47;1-3-6(2)7(10)8-4-5-9;1-2-4-6-5-3-1;;/h3-5,7-9,11-16,24-26,35,42,47H,6,10,17-23,27H2,1-2H3,(H2,40,44);3,5-6H,4H2,1-2H3,(H,8,10);1-6H2;;/q;-1;;;/b24-16+,41-39?;;;;/t35-;;;;/m0..../s1. The van der Waals surface area contributed by atoms with Gasteiger partial charge >= 0.3 is 0 Å². The number of carbonyl (C=O) groups is 3. The Morgan fingerprint density at radius 1 is 0.913 bits per heavy atom. The summed E-state index contributed by atoms with van der Waals surface area (Å²) in [6, 6.07) is 24.5. The van der Waals surface area contributed by atoms with Crippen LogP contribution in [0.3, 0.4) is 0 Å². The van der Waals surface area contributed by atoms with Crippen molar-refractivity contribution in [3.05, 3.63) is 108 Å². The first-order chi connectivity index (χ1) is 32.6. The number of carbonyl (C=O) groups excluding carboxylic acids is 3. The van der Waals surface area contributed by atoms with E-state index in [1.54, 1.807) is 56.8 Å². The molecule has 17 heteroatoms. The van der Waals surface area contributed by atoms with Crippen LogP contribution in [0.1, 0.15) is 81.1 Å². The molecule has 69 heavy (non-hydrogen) atoms. The number of aromatic nitrogens is 2. The molecule has 1 aromatic heterocycles. The average molecular weight is 1120 g/mol. The monoisotopic (exact) mass is 1120 g/mol. The Morgan fingerprint density at radius 3 is 2.23 bits per heavy atom. The van der Waals surface area contributed by atoms with Gasteiger partial charge in [0.2, 0.25) is 0 Å². The number of ether oxygens (including phenoxy) is 3. The Labute approximate surface area is 444 Å². The number of amides is 1. The number of nitrogens with two attached hydrogens (primary N) is 1. The number of likely N-dealkylation sites (tertiary alicyclic amines) is 1. The Hall–Kier alpha value is -3.97. The number of thioether (sulfide) groups is 1. The number of phenolic OH excluding ortho intramolecular Hbond substituents is 1. The maximum Gasteiger partial charge on any atom is 0.193 e. The Morgan fingerprint density at radius 2 is 1.59 bits per heavy atom. The third-order valence-electron chi connectivity index (χ3n) is 11.2. The molecule has 1 aliphatic heterocycles. The summed E-state index contributed by atoms with van der Waals surface area (Å²) in [5.41, 5.74) is 10.7. The molecule has 0 bridgehead atoms. The second-order valence-electron chi connectivity index (χ2n) is 16.2. The van der Waals surface area contributed by atoms with Crippen molar-refractivity contribution < 1.29 is 78.5 Å². The van der Waals surface area contributed by atoms with E-state index in [9.17, 15) is 19.5 Å². The van der Waals surface area contributed by atoms with Crippen LogP contribution in [-0.2, 0) is 70.4 Å². The molecule has 6 rings (SSSR count). The van der Waals surface area contributed by atoms with Gasteiger partial charge in [0, 0.05) is 81.6 Å². The van der Waals surface area contributed by atoms with E-state index in [0.717, 1.165) is 34.7 Å². The summed E-state index contributed by atoms with van der Waals surface area (Å²) in [5, 5.41) is 27.1. The van der Waals surface area contributed by atoms with Crippen LogP contribution in [0.2, 0.25) is 0 Å². The van der Waals surface area contributed by atoms with Crippen LogP contribution in [0.25, 0.3) is 22.4 Å². The fraction of sp³-hybridized carbons (Fsp3) is 0.442. The van der Waals surface area contributed by atoms with Crippen molar-refractivity contribution in [3.63, 3.8) is 0 Å². The third-order valence-corrected chi connectivity index (χ3v) is 12.2. The Bertz CT molecular complexity index is 2150. The number of nitrogens with one attached hydrogen (secondary N) is 2. The van der Waals surface area contributed by atoms with E-state index in [0.29, 0.717) is 86.8 Å². The van der Waals surface area contributed by atoms with Crippen LogP contribution >= 0.6 is 11.8 Å². The zero-order valence-corrected chi connectivity index (χ0v) is 45.8. The number of nitrogen functional groups attached to an aromatic ring is 1. The fourth-order valence-corrected chi connectivity index (χ4v) is 8.08. The number of allylic oxidation sites excluding steroid dienone is 1. The normalized spacial score (nSPS) is 15.0. The van der Waals surface area contributed by atoms with Crippen molar-refractivity contribution in [3.8, 4) is 33.9 Å². The number of para-hydroxylation sites is 1. The molecular weight excluding hydrogens is 1050 g/mol. The number of hydrogen-bond acceptors (Lipinski definition) is 14. The number of aliphatic imine (C=N–C) groups is 1. The van der Waals surface area contributed by atoms with Crippen molar-refractivity contribution in [2.45, 2.75) is 77.8 Å². The molecule has 4 aromatic rings. The minimum Gasteiger partial charge on any atom is -0.507 e. The molecule has 0 spiro atoms. The second-order valence-corrected chi connectivity index (χ2v) is 17.1. The van der Waals surface area contributed by atoms with Gasteiger partial charge in [-0.15, -0.1) is 10.2 Å². The number of aromatic hydroxyl groups is 1. The van der Waals surface area contributed by atoms with Gasteiger partial charge in [0.25, 0.3) is 0 Å². The van der Waals surface area contributed by atoms with Crippen LogP contribution in [-0.4, -0.2) is 116 Å². The van der Waals surface area contributed by atoms with Gasteiger partial charge in [0.05, 0.1) is 49.8 Å². The predicted molar refractivity (Wildman–Crippen MR) is 270 cm³/mol. The van der Waals surface area contributed by atoms with Gasteiger partial charge in [-0.25, -0.2) is 0 Å². The smallest absolute Gasteiger partial charge is 0.193 e. The van der Waals surface area contributed by atoms with E-state index < -0.39 is 0 Å². The van der Waals surface area contributed by atoms with Gasteiger partial charge in [-0.3, -0.25) is 19.5 Å². The predicted octanol–water partition coefficient (Wildman–Crippen LogP) is 8.35. The van der Waals surface area contributed by atoms with Crippen LogP contribution in [0, 0.1) is 12.3 Å². The van der Waals surface area contributed by atoms with E-state index >= 15 is 0 Å². The minimum absolute atomic E-state index is 0. The number of ketones is 1. The number of hydrogen-bond donors (Lipinski definition) is 4. The van der Waals surface area contributed by atoms with Crippen molar-refractivity contribution in [2.75, 3.05) is 72.5 Å². The molecule has 14 nitrogen and oxygen atoms in total. The molecule has 5 N–H and O–H groups in total. The van der Waals surface area contributed by atoms with Crippen molar-refractivity contribution in [2.24, 2.45) is 10.9 Å². The zero-order valence-electron chi connectivity index (χ0n) is 40.6. The molecule has 3 aromatic carbocycles. The molecule has 2 fully saturated rings. The summed E-state index contributed by atoms with van der Waals surface area (Å²) in [6.07, 6.45) is 15.3. The Kier molecular flexibility index (Phi) is 31.9. The average Bonchev–Trinajstić information content (AvgIpc) is 3.80. The number of phenols is 1. The third kappa shape index (κ3) is 22.8. The number of anilines is 1.